The summed E-state index contributed by atoms with van der Waals surface area (Å²) in [6.45, 7) is 8.74. The van der Waals surface area contributed by atoms with Gasteiger partial charge >= 0.3 is 0 Å². The minimum atomic E-state index is -0.127. The second kappa shape index (κ2) is 16.0. The minimum Gasteiger partial charge on any atom is -0.383 e. The summed E-state index contributed by atoms with van der Waals surface area (Å²) in [5.41, 5.74) is 1.66. The van der Waals surface area contributed by atoms with Gasteiger partial charge in [0.05, 0.1) is 52.9 Å². The fraction of sp³-hybridized carbons (Fsp3) is 0.619. The molecule has 1 aromatic carbocycles. The summed E-state index contributed by atoms with van der Waals surface area (Å²) in [6, 6.07) is 5.17. The summed E-state index contributed by atoms with van der Waals surface area (Å²) in [4.78, 5) is 23.3. The first-order valence-corrected chi connectivity index (χ1v) is 9.91. The van der Waals surface area contributed by atoms with Gasteiger partial charge in [0.2, 0.25) is 0 Å². The third kappa shape index (κ3) is 11.7. The molecule has 0 saturated heterocycles. The van der Waals surface area contributed by atoms with Crippen molar-refractivity contribution >= 4 is 17.3 Å². The largest absolute Gasteiger partial charge is 0.383 e. The Labute approximate surface area is 173 Å². The van der Waals surface area contributed by atoms with Crippen molar-refractivity contribution in [2.45, 2.75) is 13.8 Å². The topological polar surface area (TPSA) is 95.1 Å². The quantitative estimate of drug-likeness (QED) is 0.279. The maximum absolute atomic E-state index is 11.7. The minimum absolute atomic E-state index is 0.117. The number of ether oxygens (including phenoxy) is 4. The Morgan fingerprint density at radius 1 is 0.724 bits per heavy atom. The van der Waals surface area contributed by atoms with Crippen LogP contribution in [0.25, 0.3) is 0 Å². The molecule has 0 aliphatic heterocycles. The van der Waals surface area contributed by atoms with Crippen LogP contribution in [0.15, 0.2) is 18.2 Å². The van der Waals surface area contributed by atoms with Gasteiger partial charge in [-0.3, -0.25) is 9.59 Å². The zero-order chi connectivity index (χ0) is 21.3. The van der Waals surface area contributed by atoms with E-state index >= 15 is 0 Å². The third-order valence-electron chi connectivity index (χ3n) is 3.97. The van der Waals surface area contributed by atoms with Crippen LogP contribution in [-0.4, -0.2) is 84.6 Å². The van der Waals surface area contributed by atoms with Crippen LogP contribution in [0.4, 0.5) is 5.69 Å². The smallest absolute Gasteiger partial charge is 0.160 e. The first-order chi connectivity index (χ1) is 14.1. The van der Waals surface area contributed by atoms with Crippen molar-refractivity contribution in [3.63, 3.8) is 0 Å². The number of rotatable bonds is 18. The number of ketones is 2. The second-order valence-corrected chi connectivity index (χ2v) is 6.35. The molecule has 8 nitrogen and oxygen atoms in total. The average Bonchev–Trinajstić information content (AvgIpc) is 2.70. The van der Waals surface area contributed by atoms with Crippen LogP contribution >= 0.6 is 0 Å². The number of Topliss-reactive ketones (excluding diaryl/α,β-unsaturated/α-hetero) is 2. The first kappa shape index (κ1) is 25.2. The molecule has 8 heteroatoms. The summed E-state index contributed by atoms with van der Waals surface area (Å²) < 4.78 is 21.7. The van der Waals surface area contributed by atoms with Gasteiger partial charge < -0.3 is 29.6 Å². The van der Waals surface area contributed by atoms with E-state index in [9.17, 15) is 9.59 Å². The molecule has 2 N–H and O–H groups in total. The van der Waals surface area contributed by atoms with Gasteiger partial charge in [-0.15, -0.1) is 0 Å². The SMILES string of the molecule is CNCCOCCOCCOCCOCCNc1ccc(C(C)=O)c(C(C)=O)c1. The van der Waals surface area contributed by atoms with Crippen molar-refractivity contribution in [3.8, 4) is 0 Å². The van der Waals surface area contributed by atoms with Crippen LogP contribution in [-0.2, 0) is 18.9 Å². The molecule has 0 unspecified atom stereocenters. The Kier molecular flexibility index (Phi) is 13.9. The van der Waals surface area contributed by atoms with Crippen molar-refractivity contribution in [1.29, 1.82) is 0 Å². The van der Waals surface area contributed by atoms with Gasteiger partial charge in [-0.25, -0.2) is 0 Å². The molecular formula is C21H34N2O6. The molecule has 0 saturated carbocycles. The third-order valence-corrected chi connectivity index (χ3v) is 3.97. The lowest BCUT2D eigenvalue weighted by atomic mass is 10.0. The molecule has 0 aliphatic rings. The Morgan fingerprint density at radius 2 is 1.21 bits per heavy atom. The molecule has 1 rings (SSSR count). The van der Waals surface area contributed by atoms with Crippen molar-refractivity contribution < 1.29 is 28.5 Å². The molecule has 0 aliphatic carbocycles. The fourth-order valence-electron chi connectivity index (χ4n) is 2.46. The summed E-state index contributed by atoms with van der Waals surface area (Å²) >= 11 is 0. The molecule has 0 fully saturated rings. The zero-order valence-corrected chi connectivity index (χ0v) is 17.8. The number of carbonyl (C=O) groups is 2. The molecule has 164 valence electrons. The summed E-state index contributed by atoms with van der Waals surface area (Å²) in [6.07, 6.45) is 0. The van der Waals surface area contributed by atoms with Crippen LogP contribution in [0.5, 0.6) is 0 Å². The number of likely N-dealkylation sites (N-methyl/N-ethyl adjacent to an activating group) is 1. The average molecular weight is 411 g/mol. The monoisotopic (exact) mass is 410 g/mol. The highest BCUT2D eigenvalue weighted by Gasteiger charge is 2.11. The molecule has 0 amide bonds. The van der Waals surface area contributed by atoms with Crippen LogP contribution in [0.1, 0.15) is 34.6 Å². The lowest BCUT2D eigenvalue weighted by molar-refractivity contribution is -0.000303. The van der Waals surface area contributed by atoms with Crippen LogP contribution in [0.3, 0.4) is 0 Å². The van der Waals surface area contributed by atoms with E-state index in [2.05, 4.69) is 10.6 Å². The lowest BCUT2D eigenvalue weighted by Gasteiger charge is -2.11. The Balaban J connectivity index is 2.02. The van der Waals surface area contributed by atoms with Gasteiger partial charge in [-0.2, -0.15) is 0 Å². The van der Waals surface area contributed by atoms with E-state index in [0.717, 1.165) is 12.2 Å². The van der Waals surface area contributed by atoms with Gasteiger partial charge in [0, 0.05) is 29.9 Å². The number of nitrogens with one attached hydrogen (secondary N) is 2. The van der Waals surface area contributed by atoms with Gasteiger partial charge in [-0.05, 0) is 39.1 Å². The number of anilines is 1. The van der Waals surface area contributed by atoms with E-state index in [1.54, 1.807) is 18.2 Å². The van der Waals surface area contributed by atoms with Crippen LogP contribution < -0.4 is 10.6 Å². The van der Waals surface area contributed by atoms with Gasteiger partial charge in [0.1, 0.15) is 0 Å². The zero-order valence-electron chi connectivity index (χ0n) is 17.8. The molecule has 0 heterocycles. The van der Waals surface area contributed by atoms with E-state index < -0.39 is 0 Å². The molecular weight excluding hydrogens is 376 g/mol. The van der Waals surface area contributed by atoms with Crippen molar-refractivity contribution in [1.82, 2.24) is 5.32 Å². The predicted octanol–water partition coefficient (Wildman–Crippen LogP) is 1.79. The van der Waals surface area contributed by atoms with Gasteiger partial charge in [-0.1, -0.05) is 0 Å². The Hall–Kier alpha value is -1.84. The predicted molar refractivity (Wildman–Crippen MR) is 112 cm³/mol. The number of benzene rings is 1. The van der Waals surface area contributed by atoms with Crippen LogP contribution in [0, 0.1) is 0 Å². The Morgan fingerprint density at radius 3 is 1.69 bits per heavy atom. The van der Waals surface area contributed by atoms with Crippen molar-refractivity contribution in [2.24, 2.45) is 0 Å². The van der Waals surface area contributed by atoms with E-state index in [0.29, 0.717) is 70.5 Å². The lowest BCUT2D eigenvalue weighted by Crippen LogP contribution is -2.17. The normalized spacial score (nSPS) is 10.9. The second-order valence-electron chi connectivity index (χ2n) is 6.35. The van der Waals surface area contributed by atoms with Gasteiger partial charge in [0.15, 0.2) is 11.6 Å². The number of hydrogen-bond donors (Lipinski definition) is 2. The molecule has 0 aromatic heterocycles. The first-order valence-electron chi connectivity index (χ1n) is 9.91. The fourth-order valence-corrected chi connectivity index (χ4v) is 2.46. The summed E-state index contributed by atoms with van der Waals surface area (Å²) in [7, 11) is 1.89. The van der Waals surface area contributed by atoms with E-state index in [1.165, 1.54) is 13.8 Å². The highest BCUT2D eigenvalue weighted by atomic mass is 16.6. The van der Waals surface area contributed by atoms with E-state index in [4.69, 9.17) is 18.9 Å². The summed E-state index contributed by atoms with van der Waals surface area (Å²) in [5.74, 6) is -0.245. The van der Waals surface area contributed by atoms with Crippen molar-refractivity contribution in [3.05, 3.63) is 29.3 Å². The number of hydrogen-bond acceptors (Lipinski definition) is 8. The molecule has 0 spiro atoms. The Bertz CT molecular complexity index is 609. The van der Waals surface area contributed by atoms with E-state index in [-0.39, 0.29) is 11.6 Å². The molecule has 1 aromatic rings. The molecule has 0 bridgehead atoms. The van der Waals surface area contributed by atoms with Gasteiger partial charge in [0.25, 0.3) is 0 Å². The molecule has 29 heavy (non-hydrogen) atoms. The van der Waals surface area contributed by atoms with Crippen molar-refractivity contribution in [2.75, 3.05) is 78.3 Å². The maximum atomic E-state index is 11.7. The standard InChI is InChI=1S/C21H34N2O6/c1-17(24)20-5-4-19(16-21(20)18(2)25)23-7-9-27-11-13-29-15-14-28-12-10-26-8-6-22-3/h4-5,16,22-23H,6-15H2,1-3H3. The summed E-state index contributed by atoms with van der Waals surface area (Å²) in [5, 5.41) is 6.19. The van der Waals surface area contributed by atoms with Crippen LogP contribution in [0.2, 0.25) is 0 Å². The highest BCUT2D eigenvalue weighted by Crippen LogP contribution is 2.17. The maximum Gasteiger partial charge on any atom is 0.160 e. The molecule has 0 radical (unpaired) electrons. The van der Waals surface area contributed by atoms with E-state index in [1.807, 2.05) is 7.05 Å². The highest BCUT2D eigenvalue weighted by molar-refractivity contribution is 6.07. The number of carbonyl (C=O) groups excluding carboxylic acids is 2. The molecule has 0 atom stereocenters.